The maximum atomic E-state index is 13.8. The predicted octanol–water partition coefficient (Wildman–Crippen LogP) is 3.04. The molecule has 0 spiro atoms. The molecule has 0 fully saturated rings. The molecule has 0 atom stereocenters. The molecule has 2 aromatic rings. The van der Waals surface area contributed by atoms with E-state index in [2.05, 4.69) is 5.32 Å². The van der Waals surface area contributed by atoms with Crippen molar-refractivity contribution in [2.75, 3.05) is 18.9 Å². The number of hydrogen-bond acceptors (Lipinski definition) is 3. The number of primary amides is 1. The van der Waals surface area contributed by atoms with E-state index in [1.54, 1.807) is 43.4 Å². The van der Waals surface area contributed by atoms with Gasteiger partial charge < -0.3 is 16.0 Å². The van der Waals surface area contributed by atoms with Gasteiger partial charge in [0.2, 0.25) is 11.8 Å². The Balaban J connectivity index is 1.84. The van der Waals surface area contributed by atoms with Gasteiger partial charge in [0.15, 0.2) is 0 Å². The van der Waals surface area contributed by atoms with Crippen molar-refractivity contribution in [2.45, 2.75) is 13.0 Å². The Labute approximate surface area is 150 Å². The summed E-state index contributed by atoms with van der Waals surface area (Å²) in [6.07, 6.45) is 0.236. The third kappa shape index (κ3) is 5.55. The van der Waals surface area contributed by atoms with E-state index in [9.17, 15) is 14.0 Å². The van der Waals surface area contributed by atoms with Crippen molar-refractivity contribution in [1.82, 2.24) is 4.90 Å². The summed E-state index contributed by atoms with van der Waals surface area (Å²) >= 11 is 6.00. The molecule has 2 amide bonds. The number of halogens is 2. The molecule has 0 saturated heterocycles. The van der Waals surface area contributed by atoms with Crippen molar-refractivity contribution in [1.29, 1.82) is 0 Å². The maximum Gasteiger partial charge on any atom is 0.248 e. The van der Waals surface area contributed by atoms with Gasteiger partial charge in [-0.1, -0.05) is 17.7 Å². The Morgan fingerprint density at radius 3 is 2.48 bits per heavy atom. The van der Waals surface area contributed by atoms with Gasteiger partial charge >= 0.3 is 0 Å². The zero-order valence-electron chi connectivity index (χ0n) is 13.8. The predicted molar refractivity (Wildman–Crippen MR) is 96.0 cm³/mol. The van der Waals surface area contributed by atoms with Crippen LogP contribution in [-0.2, 0) is 11.3 Å². The molecule has 25 heavy (non-hydrogen) atoms. The van der Waals surface area contributed by atoms with Crippen LogP contribution in [0, 0.1) is 5.82 Å². The highest BCUT2D eigenvalue weighted by Crippen LogP contribution is 2.20. The number of carbonyl (C=O) groups is 2. The first-order chi connectivity index (χ1) is 11.9. The van der Waals surface area contributed by atoms with Crippen molar-refractivity contribution >= 4 is 29.1 Å². The van der Waals surface area contributed by atoms with Crippen LogP contribution in [0.4, 0.5) is 10.1 Å². The lowest BCUT2D eigenvalue weighted by Crippen LogP contribution is -2.24. The number of amides is 2. The number of carbonyl (C=O) groups excluding carboxylic acids is 2. The lowest BCUT2D eigenvalue weighted by atomic mass is 10.2. The maximum absolute atomic E-state index is 13.8. The summed E-state index contributed by atoms with van der Waals surface area (Å²) in [6.45, 7) is 0.752. The van der Waals surface area contributed by atoms with Crippen LogP contribution in [0.2, 0.25) is 5.02 Å². The van der Waals surface area contributed by atoms with Gasteiger partial charge in [-0.05, 0) is 43.4 Å². The first-order valence-electron chi connectivity index (χ1n) is 7.68. The number of hydrogen-bond donors (Lipinski definition) is 2. The van der Waals surface area contributed by atoms with Crippen molar-refractivity contribution in [3.63, 3.8) is 0 Å². The Kier molecular flexibility index (Phi) is 6.50. The van der Waals surface area contributed by atoms with Gasteiger partial charge in [-0.2, -0.15) is 0 Å². The number of nitrogens with zero attached hydrogens (tertiary/aromatic N) is 1. The molecule has 2 rings (SSSR count). The van der Waals surface area contributed by atoms with E-state index >= 15 is 0 Å². The van der Waals surface area contributed by atoms with Crippen LogP contribution >= 0.6 is 11.6 Å². The first kappa shape index (κ1) is 18.9. The normalized spacial score (nSPS) is 10.7. The van der Waals surface area contributed by atoms with E-state index in [1.807, 2.05) is 4.90 Å². The van der Waals surface area contributed by atoms with Crippen molar-refractivity contribution in [3.05, 3.63) is 64.4 Å². The van der Waals surface area contributed by atoms with E-state index < -0.39 is 5.91 Å². The molecule has 3 N–H and O–H groups in total. The van der Waals surface area contributed by atoms with Crippen LogP contribution < -0.4 is 11.1 Å². The third-order valence-corrected chi connectivity index (χ3v) is 4.02. The summed E-state index contributed by atoms with van der Waals surface area (Å²) in [5.74, 6) is -1.07. The highest BCUT2D eigenvalue weighted by atomic mass is 35.5. The Morgan fingerprint density at radius 2 is 1.88 bits per heavy atom. The van der Waals surface area contributed by atoms with Gasteiger partial charge in [-0.15, -0.1) is 0 Å². The smallest absolute Gasteiger partial charge is 0.248 e. The standard InChI is InChI=1S/C18H19ClFN3O2/c1-23(11-14-15(19)3-2-4-16(14)20)10-9-17(24)22-13-7-5-12(6-8-13)18(21)25/h2-8H,9-11H2,1H3,(H2,21,25)(H,22,24). The van der Waals surface area contributed by atoms with Crippen LogP contribution in [0.25, 0.3) is 0 Å². The van der Waals surface area contributed by atoms with Gasteiger partial charge in [0, 0.05) is 41.3 Å². The molecular formula is C18H19ClFN3O2. The zero-order chi connectivity index (χ0) is 18.4. The topological polar surface area (TPSA) is 75.4 Å². The molecule has 0 aromatic heterocycles. The molecule has 0 saturated carbocycles. The molecule has 0 radical (unpaired) electrons. The van der Waals surface area contributed by atoms with Crippen molar-refractivity contribution in [3.8, 4) is 0 Å². The summed E-state index contributed by atoms with van der Waals surface area (Å²) in [4.78, 5) is 24.8. The number of nitrogens with two attached hydrogens (primary N) is 1. The first-order valence-corrected chi connectivity index (χ1v) is 8.06. The minimum Gasteiger partial charge on any atom is -0.366 e. The molecule has 0 heterocycles. The summed E-state index contributed by atoms with van der Waals surface area (Å²) in [7, 11) is 1.79. The number of nitrogens with one attached hydrogen (secondary N) is 1. The minimum absolute atomic E-state index is 0.182. The van der Waals surface area contributed by atoms with Crippen LogP contribution in [0.5, 0.6) is 0 Å². The second-order valence-corrected chi connectivity index (χ2v) is 6.08. The fraction of sp³-hybridized carbons (Fsp3) is 0.222. The van der Waals surface area contributed by atoms with Gasteiger partial charge in [0.25, 0.3) is 0 Å². The summed E-state index contributed by atoms with van der Waals surface area (Å²) in [5.41, 5.74) is 6.53. The van der Waals surface area contributed by atoms with Gasteiger partial charge in [0.1, 0.15) is 5.82 Å². The Morgan fingerprint density at radius 1 is 1.20 bits per heavy atom. The quantitative estimate of drug-likeness (QED) is 0.793. The Bertz CT molecular complexity index is 745. The number of benzene rings is 2. The average molecular weight is 364 g/mol. The summed E-state index contributed by atoms with van der Waals surface area (Å²) in [5, 5.41) is 3.10. The molecule has 2 aromatic carbocycles. The van der Waals surface area contributed by atoms with Crippen LogP contribution in [0.1, 0.15) is 22.3 Å². The molecule has 0 aliphatic rings. The van der Waals surface area contributed by atoms with Crippen LogP contribution in [0.15, 0.2) is 42.5 Å². The SMILES string of the molecule is CN(CCC(=O)Nc1ccc(C(N)=O)cc1)Cc1c(F)cccc1Cl. The monoisotopic (exact) mass is 363 g/mol. The largest absolute Gasteiger partial charge is 0.366 e. The molecule has 0 aliphatic heterocycles. The van der Waals surface area contributed by atoms with Gasteiger partial charge in [-0.25, -0.2) is 4.39 Å². The lowest BCUT2D eigenvalue weighted by molar-refractivity contribution is -0.116. The second kappa shape index (κ2) is 8.60. The summed E-state index contributed by atoms with van der Waals surface area (Å²) < 4.78 is 13.8. The van der Waals surface area contributed by atoms with Crippen LogP contribution in [-0.4, -0.2) is 30.3 Å². The molecule has 0 bridgehead atoms. The molecule has 5 nitrogen and oxygen atoms in total. The van der Waals surface area contributed by atoms with E-state index in [0.717, 1.165) is 0 Å². The second-order valence-electron chi connectivity index (χ2n) is 5.68. The molecule has 132 valence electrons. The van der Waals surface area contributed by atoms with Crippen molar-refractivity contribution in [2.24, 2.45) is 5.73 Å². The number of anilines is 1. The van der Waals surface area contributed by atoms with Crippen LogP contribution in [0.3, 0.4) is 0 Å². The number of rotatable bonds is 7. The lowest BCUT2D eigenvalue weighted by Gasteiger charge is -2.17. The fourth-order valence-corrected chi connectivity index (χ4v) is 2.49. The molecule has 0 unspecified atom stereocenters. The highest BCUT2D eigenvalue weighted by molar-refractivity contribution is 6.31. The van der Waals surface area contributed by atoms with Gasteiger partial charge in [0.05, 0.1) is 0 Å². The highest BCUT2D eigenvalue weighted by Gasteiger charge is 2.11. The van der Waals surface area contributed by atoms with Gasteiger partial charge in [-0.3, -0.25) is 9.59 Å². The fourth-order valence-electron chi connectivity index (χ4n) is 2.27. The molecular weight excluding hydrogens is 345 g/mol. The van der Waals surface area contributed by atoms with E-state index in [-0.39, 0.29) is 18.1 Å². The van der Waals surface area contributed by atoms with E-state index in [0.29, 0.717) is 34.9 Å². The molecule has 7 heteroatoms. The van der Waals surface area contributed by atoms with E-state index in [4.69, 9.17) is 17.3 Å². The third-order valence-electron chi connectivity index (χ3n) is 3.66. The minimum atomic E-state index is -0.522. The zero-order valence-corrected chi connectivity index (χ0v) is 14.5. The Hall–Kier alpha value is -2.44. The summed E-state index contributed by atoms with van der Waals surface area (Å²) in [6, 6.07) is 10.9. The average Bonchev–Trinajstić information content (AvgIpc) is 2.57. The van der Waals surface area contributed by atoms with Crippen molar-refractivity contribution < 1.29 is 14.0 Å². The molecule has 0 aliphatic carbocycles. The van der Waals surface area contributed by atoms with E-state index in [1.165, 1.54) is 6.07 Å².